The molecule has 1 aliphatic heterocycles. The van der Waals surface area contributed by atoms with Gasteiger partial charge in [-0.25, -0.2) is 4.39 Å². The summed E-state index contributed by atoms with van der Waals surface area (Å²) in [6, 6.07) is 2.96. The van der Waals surface area contributed by atoms with Crippen LogP contribution < -0.4 is 0 Å². The Morgan fingerprint density at radius 2 is 2.05 bits per heavy atom. The highest BCUT2D eigenvalue weighted by molar-refractivity contribution is 5.68. The van der Waals surface area contributed by atoms with Gasteiger partial charge in [-0.15, -0.1) is 0 Å². The average Bonchev–Trinajstić information content (AvgIpc) is 2.46. The summed E-state index contributed by atoms with van der Waals surface area (Å²) in [4.78, 5) is 20.0. The number of rotatable bonds is 5. The average molecular weight is 295 g/mol. The van der Waals surface area contributed by atoms with Gasteiger partial charge in [0, 0.05) is 26.2 Å². The van der Waals surface area contributed by atoms with Gasteiger partial charge in [-0.3, -0.25) is 14.7 Å². The van der Waals surface area contributed by atoms with Crippen LogP contribution >= 0.6 is 0 Å². The molecule has 0 amide bonds. The summed E-state index contributed by atoms with van der Waals surface area (Å²) in [5.74, 6) is -1.26. The van der Waals surface area contributed by atoms with E-state index in [0.717, 1.165) is 32.4 Å². The fourth-order valence-electron chi connectivity index (χ4n) is 3.03. The molecule has 1 aliphatic rings. The molecule has 1 fully saturated rings. The summed E-state index contributed by atoms with van der Waals surface area (Å²) in [7, 11) is 2.05. The SMILES string of the molecule is CCC(CC(=O)O)(c1ccc(F)cn1)N1CCN(C)CC1. The lowest BCUT2D eigenvalue weighted by Crippen LogP contribution is -2.55. The molecular weight excluding hydrogens is 273 g/mol. The standard InChI is InChI=1S/C15H22FN3O2/c1-3-15(10-14(20)21,13-5-4-12(16)11-17-13)19-8-6-18(2)7-9-19/h4-5,11H,3,6-10H2,1-2H3,(H,20,21). The highest BCUT2D eigenvalue weighted by atomic mass is 19.1. The summed E-state index contributed by atoms with van der Waals surface area (Å²) < 4.78 is 13.1. The summed E-state index contributed by atoms with van der Waals surface area (Å²) in [5, 5.41) is 9.34. The smallest absolute Gasteiger partial charge is 0.305 e. The molecule has 1 saturated heterocycles. The molecule has 2 heterocycles. The molecule has 116 valence electrons. The number of likely N-dealkylation sites (N-methyl/N-ethyl adjacent to an activating group) is 1. The van der Waals surface area contributed by atoms with Crippen molar-refractivity contribution in [2.24, 2.45) is 0 Å². The van der Waals surface area contributed by atoms with Crippen LogP contribution in [0.1, 0.15) is 25.5 Å². The van der Waals surface area contributed by atoms with Crippen LogP contribution in [0.3, 0.4) is 0 Å². The number of nitrogens with zero attached hydrogens (tertiary/aromatic N) is 3. The Kier molecular flexibility index (Phi) is 4.90. The van der Waals surface area contributed by atoms with E-state index in [1.165, 1.54) is 6.07 Å². The largest absolute Gasteiger partial charge is 0.481 e. The highest BCUT2D eigenvalue weighted by Gasteiger charge is 2.41. The van der Waals surface area contributed by atoms with Crippen molar-refractivity contribution >= 4 is 5.97 Å². The second-order valence-corrected chi connectivity index (χ2v) is 5.61. The first-order valence-corrected chi connectivity index (χ1v) is 7.25. The molecule has 1 aromatic heterocycles. The Labute approximate surface area is 124 Å². The van der Waals surface area contributed by atoms with E-state index < -0.39 is 17.3 Å². The summed E-state index contributed by atoms with van der Waals surface area (Å²) in [5.41, 5.74) is -0.0285. The lowest BCUT2D eigenvalue weighted by molar-refractivity contribution is -0.141. The van der Waals surface area contributed by atoms with E-state index in [0.29, 0.717) is 12.1 Å². The molecule has 2 rings (SSSR count). The minimum absolute atomic E-state index is 0.0220. The first-order valence-electron chi connectivity index (χ1n) is 7.25. The number of halogens is 1. The van der Waals surface area contributed by atoms with Crippen LogP contribution in [-0.4, -0.2) is 59.1 Å². The van der Waals surface area contributed by atoms with Gasteiger partial charge in [0.2, 0.25) is 0 Å². The Balaban J connectivity index is 2.37. The van der Waals surface area contributed by atoms with Crippen molar-refractivity contribution < 1.29 is 14.3 Å². The zero-order valence-electron chi connectivity index (χ0n) is 12.5. The van der Waals surface area contributed by atoms with Crippen LogP contribution in [-0.2, 0) is 10.3 Å². The topological polar surface area (TPSA) is 56.7 Å². The van der Waals surface area contributed by atoms with Crippen molar-refractivity contribution in [3.63, 3.8) is 0 Å². The van der Waals surface area contributed by atoms with Crippen LogP contribution in [0.4, 0.5) is 4.39 Å². The quantitative estimate of drug-likeness (QED) is 0.893. The van der Waals surface area contributed by atoms with E-state index in [4.69, 9.17) is 0 Å². The predicted octanol–water partition coefficient (Wildman–Crippen LogP) is 1.55. The third-order valence-electron chi connectivity index (χ3n) is 4.34. The van der Waals surface area contributed by atoms with E-state index >= 15 is 0 Å². The van der Waals surface area contributed by atoms with Crippen molar-refractivity contribution in [2.75, 3.05) is 33.2 Å². The molecule has 0 saturated carbocycles. The van der Waals surface area contributed by atoms with E-state index in [-0.39, 0.29) is 6.42 Å². The Morgan fingerprint density at radius 3 is 2.52 bits per heavy atom. The lowest BCUT2D eigenvalue weighted by Gasteiger charge is -2.46. The predicted molar refractivity (Wildman–Crippen MR) is 77.5 cm³/mol. The zero-order chi connectivity index (χ0) is 15.5. The molecule has 1 atom stereocenters. The number of hydrogen-bond acceptors (Lipinski definition) is 4. The van der Waals surface area contributed by atoms with Gasteiger partial charge in [-0.1, -0.05) is 6.92 Å². The summed E-state index contributed by atoms with van der Waals surface area (Å²) in [6.07, 6.45) is 1.77. The number of carbonyl (C=O) groups is 1. The fraction of sp³-hybridized carbons (Fsp3) is 0.600. The van der Waals surface area contributed by atoms with Gasteiger partial charge in [-0.2, -0.15) is 0 Å². The van der Waals surface area contributed by atoms with Gasteiger partial charge in [0.05, 0.1) is 23.9 Å². The summed E-state index contributed by atoms with van der Waals surface area (Å²) >= 11 is 0. The maximum Gasteiger partial charge on any atom is 0.305 e. The first kappa shape index (κ1) is 15.9. The molecule has 0 aliphatic carbocycles. The molecule has 0 radical (unpaired) electrons. The van der Waals surface area contributed by atoms with Crippen molar-refractivity contribution in [1.29, 1.82) is 0 Å². The van der Waals surface area contributed by atoms with Gasteiger partial charge in [0.1, 0.15) is 5.82 Å². The van der Waals surface area contributed by atoms with Gasteiger partial charge in [0.25, 0.3) is 0 Å². The molecule has 1 unspecified atom stereocenters. The molecule has 0 aromatic carbocycles. The number of aromatic nitrogens is 1. The minimum atomic E-state index is -0.859. The Bertz CT molecular complexity index is 486. The molecule has 21 heavy (non-hydrogen) atoms. The molecule has 1 N–H and O–H groups in total. The second-order valence-electron chi connectivity index (χ2n) is 5.61. The normalized spacial score (nSPS) is 20.1. The van der Waals surface area contributed by atoms with Crippen LogP contribution in [0.25, 0.3) is 0 Å². The second kappa shape index (κ2) is 6.49. The molecule has 0 spiro atoms. The molecule has 6 heteroatoms. The third-order valence-corrected chi connectivity index (χ3v) is 4.34. The van der Waals surface area contributed by atoms with Crippen molar-refractivity contribution in [3.05, 3.63) is 29.8 Å². The van der Waals surface area contributed by atoms with Crippen molar-refractivity contribution in [3.8, 4) is 0 Å². The number of carboxylic acid groups (broad SMARTS) is 1. The van der Waals surface area contributed by atoms with E-state index in [2.05, 4.69) is 21.8 Å². The van der Waals surface area contributed by atoms with E-state index in [1.807, 2.05) is 6.92 Å². The first-order chi connectivity index (χ1) is 9.98. The molecule has 1 aromatic rings. The van der Waals surface area contributed by atoms with Crippen LogP contribution in [0, 0.1) is 5.82 Å². The molecule has 0 bridgehead atoms. The number of pyridine rings is 1. The number of aliphatic carboxylic acids is 1. The Morgan fingerprint density at radius 1 is 1.38 bits per heavy atom. The monoisotopic (exact) mass is 295 g/mol. The lowest BCUT2D eigenvalue weighted by atomic mass is 9.85. The Hall–Kier alpha value is -1.53. The number of piperazine rings is 1. The number of hydrogen-bond donors (Lipinski definition) is 1. The van der Waals surface area contributed by atoms with Gasteiger partial charge in [-0.05, 0) is 25.6 Å². The van der Waals surface area contributed by atoms with Crippen LogP contribution in [0.5, 0.6) is 0 Å². The van der Waals surface area contributed by atoms with E-state index in [1.54, 1.807) is 6.07 Å². The van der Waals surface area contributed by atoms with Crippen LogP contribution in [0.2, 0.25) is 0 Å². The fourth-order valence-corrected chi connectivity index (χ4v) is 3.03. The van der Waals surface area contributed by atoms with Crippen molar-refractivity contribution in [1.82, 2.24) is 14.8 Å². The minimum Gasteiger partial charge on any atom is -0.481 e. The molecular formula is C15H22FN3O2. The van der Waals surface area contributed by atoms with Crippen molar-refractivity contribution in [2.45, 2.75) is 25.3 Å². The summed E-state index contributed by atoms with van der Waals surface area (Å²) in [6.45, 7) is 5.32. The number of carboxylic acids is 1. The van der Waals surface area contributed by atoms with E-state index in [9.17, 15) is 14.3 Å². The van der Waals surface area contributed by atoms with Gasteiger partial charge in [0.15, 0.2) is 0 Å². The zero-order valence-corrected chi connectivity index (χ0v) is 12.5. The highest BCUT2D eigenvalue weighted by Crippen LogP contribution is 2.35. The van der Waals surface area contributed by atoms with Crippen LogP contribution in [0.15, 0.2) is 18.3 Å². The van der Waals surface area contributed by atoms with Gasteiger partial charge < -0.3 is 10.0 Å². The van der Waals surface area contributed by atoms with Gasteiger partial charge >= 0.3 is 5.97 Å². The third kappa shape index (κ3) is 3.39. The molecule has 5 nitrogen and oxygen atoms in total. The maximum atomic E-state index is 13.1. The maximum absolute atomic E-state index is 13.1.